The highest BCUT2D eigenvalue weighted by Gasteiger charge is 2.22. The van der Waals surface area contributed by atoms with E-state index in [4.69, 9.17) is 9.47 Å². The fraction of sp³-hybridized carbons (Fsp3) is 0.444. The van der Waals surface area contributed by atoms with Gasteiger partial charge in [-0.05, 0) is 30.0 Å². The van der Waals surface area contributed by atoms with Gasteiger partial charge < -0.3 is 14.8 Å². The zero-order valence-corrected chi connectivity index (χ0v) is 14.2. The lowest BCUT2D eigenvalue weighted by atomic mass is 9.95. The maximum absolute atomic E-state index is 14.5. The molecule has 1 atom stereocenters. The van der Waals surface area contributed by atoms with E-state index in [1.165, 1.54) is 6.33 Å². The molecule has 0 radical (unpaired) electrons. The molecule has 1 unspecified atom stereocenters. The van der Waals surface area contributed by atoms with E-state index in [-0.39, 0.29) is 23.6 Å². The summed E-state index contributed by atoms with van der Waals surface area (Å²) in [7, 11) is 0. The minimum atomic E-state index is -0.386. The number of aryl methyl sites for hydroxylation is 1. The van der Waals surface area contributed by atoms with Gasteiger partial charge in [0.1, 0.15) is 19.5 Å². The molecular formula is C18H22FN3O2. The van der Waals surface area contributed by atoms with Crippen LogP contribution in [0.5, 0.6) is 11.5 Å². The molecule has 3 rings (SSSR count). The second-order valence-electron chi connectivity index (χ2n) is 6.11. The van der Waals surface area contributed by atoms with Crippen molar-refractivity contribution in [2.75, 3.05) is 18.5 Å². The highest BCUT2D eigenvalue weighted by molar-refractivity contribution is 5.47. The molecule has 0 spiro atoms. The summed E-state index contributed by atoms with van der Waals surface area (Å²) in [5.41, 5.74) is 1.42. The van der Waals surface area contributed by atoms with Gasteiger partial charge in [0.05, 0.1) is 11.7 Å². The quantitative estimate of drug-likeness (QED) is 0.904. The third kappa shape index (κ3) is 3.27. The Bertz CT molecular complexity index is 721. The van der Waals surface area contributed by atoms with Gasteiger partial charge >= 0.3 is 0 Å². The highest BCUT2D eigenvalue weighted by atomic mass is 19.1. The Morgan fingerprint density at radius 3 is 2.62 bits per heavy atom. The zero-order chi connectivity index (χ0) is 17.1. The number of anilines is 1. The first-order valence-electron chi connectivity index (χ1n) is 8.25. The molecule has 128 valence electrons. The van der Waals surface area contributed by atoms with E-state index < -0.39 is 0 Å². The van der Waals surface area contributed by atoms with Crippen molar-refractivity contribution >= 4 is 5.82 Å². The first-order valence-corrected chi connectivity index (χ1v) is 8.25. The number of rotatable bonds is 5. The predicted octanol–water partition coefficient (Wildman–Crippen LogP) is 3.76. The molecule has 0 saturated heterocycles. The molecule has 6 heteroatoms. The van der Waals surface area contributed by atoms with Crippen molar-refractivity contribution in [3.63, 3.8) is 0 Å². The van der Waals surface area contributed by atoms with Crippen molar-refractivity contribution in [1.82, 2.24) is 9.97 Å². The lowest BCUT2D eigenvalue weighted by molar-refractivity contribution is 0.171. The number of hydrogen-bond acceptors (Lipinski definition) is 5. The standard InChI is InChI=1S/C18H22FN3O2/c1-4-13-16(19)18(21-10-20-13)22-17(11(2)3)12-5-6-14-15(9-12)24-8-7-23-14/h5-6,9-11,17H,4,7-8H2,1-3H3,(H,20,21,22). The van der Waals surface area contributed by atoms with Gasteiger partial charge in [0.25, 0.3) is 0 Å². The lowest BCUT2D eigenvalue weighted by Crippen LogP contribution is -2.20. The Morgan fingerprint density at radius 2 is 1.92 bits per heavy atom. The number of benzene rings is 1. The highest BCUT2D eigenvalue weighted by Crippen LogP contribution is 2.35. The maximum Gasteiger partial charge on any atom is 0.186 e. The molecule has 1 aliphatic rings. The van der Waals surface area contributed by atoms with E-state index in [1.807, 2.05) is 25.1 Å². The van der Waals surface area contributed by atoms with Crippen molar-refractivity contribution < 1.29 is 13.9 Å². The molecule has 2 aromatic rings. The first-order chi connectivity index (χ1) is 11.6. The smallest absolute Gasteiger partial charge is 0.186 e. The van der Waals surface area contributed by atoms with E-state index in [2.05, 4.69) is 29.1 Å². The van der Waals surface area contributed by atoms with E-state index in [1.54, 1.807) is 0 Å². The Labute approximate surface area is 141 Å². The summed E-state index contributed by atoms with van der Waals surface area (Å²) in [6.45, 7) is 7.12. The zero-order valence-electron chi connectivity index (χ0n) is 14.2. The van der Waals surface area contributed by atoms with Crippen LogP contribution in [-0.4, -0.2) is 23.2 Å². The van der Waals surface area contributed by atoms with Crippen LogP contribution in [0.1, 0.15) is 38.1 Å². The molecule has 0 bridgehead atoms. The molecule has 5 nitrogen and oxygen atoms in total. The van der Waals surface area contributed by atoms with Crippen molar-refractivity contribution in [2.24, 2.45) is 5.92 Å². The summed E-state index contributed by atoms with van der Waals surface area (Å²) in [5.74, 6) is 1.54. The Hall–Kier alpha value is -2.37. The summed E-state index contributed by atoms with van der Waals surface area (Å²) in [6.07, 6.45) is 1.92. The van der Waals surface area contributed by atoms with E-state index >= 15 is 0 Å². The van der Waals surface area contributed by atoms with E-state index in [9.17, 15) is 4.39 Å². The molecule has 0 fully saturated rings. The molecule has 2 heterocycles. The van der Waals surface area contributed by atoms with Gasteiger partial charge in [-0.25, -0.2) is 14.4 Å². The van der Waals surface area contributed by atoms with Crippen LogP contribution in [0.4, 0.5) is 10.2 Å². The van der Waals surface area contributed by atoms with Crippen molar-refractivity contribution in [1.29, 1.82) is 0 Å². The number of nitrogens with one attached hydrogen (secondary N) is 1. The lowest BCUT2D eigenvalue weighted by Gasteiger charge is -2.26. The monoisotopic (exact) mass is 331 g/mol. The maximum atomic E-state index is 14.5. The Balaban J connectivity index is 1.91. The number of aromatic nitrogens is 2. The van der Waals surface area contributed by atoms with Crippen molar-refractivity contribution in [3.8, 4) is 11.5 Å². The summed E-state index contributed by atoms with van der Waals surface area (Å²) in [4.78, 5) is 8.05. The van der Waals surface area contributed by atoms with Crippen LogP contribution in [0.3, 0.4) is 0 Å². The SMILES string of the molecule is CCc1ncnc(NC(c2ccc3c(c2)OCCO3)C(C)C)c1F. The van der Waals surface area contributed by atoms with Crippen LogP contribution in [0.2, 0.25) is 0 Å². The summed E-state index contributed by atoms with van der Waals surface area (Å²) in [5, 5.41) is 3.22. The van der Waals surface area contributed by atoms with Crippen LogP contribution in [0.25, 0.3) is 0 Å². The Kier molecular flexibility index (Phi) is 4.83. The molecule has 0 saturated carbocycles. The van der Waals surface area contributed by atoms with Crippen molar-refractivity contribution in [3.05, 3.63) is 41.6 Å². The molecule has 1 N–H and O–H groups in total. The third-order valence-corrected chi connectivity index (χ3v) is 4.08. The third-order valence-electron chi connectivity index (χ3n) is 4.08. The number of ether oxygens (including phenoxy) is 2. The molecule has 24 heavy (non-hydrogen) atoms. The largest absolute Gasteiger partial charge is 0.486 e. The number of halogens is 1. The summed E-state index contributed by atoms with van der Waals surface area (Å²) in [6, 6.07) is 5.72. The van der Waals surface area contributed by atoms with Crippen LogP contribution in [0, 0.1) is 11.7 Å². The molecular weight excluding hydrogens is 309 g/mol. The number of nitrogens with zero attached hydrogens (tertiary/aromatic N) is 2. The fourth-order valence-corrected chi connectivity index (χ4v) is 2.79. The van der Waals surface area contributed by atoms with Gasteiger partial charge in [0.2, 0.25) is 0 Å². The minimum Gasteiger partial charge on any atom is -0.486 e. The molecule has 0 amide bonds. The van der Waals surface area contributed by atoms with Crippen LogP contribution < -0.4 is 14.8 Å². The molecule has 1 aliphatic heterocycles. The van der Waals surface area contributed by atoms with E-state index in [0.29, 0.717) is 25.3 Å². The van der Waals surface area contributed by atoms with Crippen LogP contribution in [0.15, 0.2) is 24.5 Å². The summed E-state index contributed by atoms with van der Waals surface area (Å²) >= 11 is 0. The van der Waals surface area contributed by atoms with Gasteiger partial charge in [0, 0.05) is 0 Å². The van der Waals surface area contributed by atoms with Crippen LogP contribution >= 0.6 is 0 Å². The average molecular weight is 331 g/mol. The second-order valence-corrected chi connectivity index (χ2v) is 6.11. The minimum absolute atomic E-state index is 0.102. The van der Waals surface area contributed by atoms with Crippen LogP contribution in [-0.2, 0) is 6.42 Å². The Morgan fingerprint density at radius 1 is 1.17 bits per heavy atom. The topological polar surface area (TPSA) is 56.3 Å². The van der Waals surface area contributed by atoms with Gasteiger partial charge in [-0.15, -0.1) is 0 Å². The van der Waals surface area contributed by atoms with Gasteiger partial charge in [-0.1, -0.05) is 26.8 Å². The van der Waals surface area contributed by atoms with Gasteiger partial charge in [-0.2, -0.15) is 0 Å². The average Bonchev–Trinajstić information content (AvgIpc) is 2.60. The second kappa shape index (κ2) is 7.03. The molecule has 1 aromatic carbocycles. The first kappa shape index (κ1) is 16.5. The number of hydrogen-bond donors (Lipinski definition) is 1. The van der Waals surface area contributed by atoms with Gasteiger partial charge in [0.15, 0.2) is 23.1 Å². The molecule has 1 aromatic heterocycles. The normalized spacial score (nSPS) is 14.5. The van der Waals surface area contributed by atoms with Gasteiger partial charge in [-0.3, -0.25) is 0 Å². The number of fused-ring (bicyclic) bond motifs is 1. The van der Waals surface area contributed by atoms with E-state index in [0.717, 1.165) is 17.1 Å². The molecule has 0 aliphatic carbocycles. The predicted molar refractivity (Wildman–Crippen MR) is 90.0 cm³/mol. The van der Waals surface area contributed by atoms with Crippen molar-refractivity contribution in [2.45, 2.75) is 33.2 Å². The fourth-order valence-electron chi connectivity index (χ4n) is 2.79. The summed E-state index contributed by atoms with van der Waals surface area (Å²) < 4.78 is 25.7.